The molecule has 0 saturated carbocycles. The highest BCUT2D eigenvalue weighted by Gasteiger charge is 2.15. The number of anilines is 1. The van der Waals surface area contributed by atoms with Crippen LogP contribution in [0.15, 0.2) is 18.2 Å². The molecule has 6 heteroatoms. The van der Waals surface area contributed by atoms with Gasteiger partial charge in [-0.05, 0) is 31.9 Å². The molecule has 0 saturated heterocycles. The molecule has 0 aliphatic carbocycles. The molecule has 0 spiro atoms. The molecule has 20 heavy (non-hydrogen) atoms. The maximum Gasteiger partial charge on any atom is 0.313 e. The molecule has 1 aromatic carbocycles. The van der Waals surface area contributed by atoms with Crippen molar-refractivity contribution in [3.63, 3.8) is 0 Å². The molecule has 110 valence electrons. The molecule has 0 fully saturated rings. The van der Waals surface area contributed by atoms with Crippen molar-refractivity contribution in [3.8, 4) is 0 Å². The number of carbonyl (C=O) groups excluding carboxylic acids is 2. The molecule has 0 bridgehead atoms. The number of aliphatic hydroxyl groups excluding tert-OH is 1. The maximum absolute atomic E-state index is 13.3. The number of aliphatic hydroxyl groups is 1. The smallest absolute Gasteiger partial charge is 0.313 e. The number of halogens is 1. The van der Waals surface area contributed by atoms with E-state index in [0.717, 1.165) is 0 Å². The lowest BCUT2D eigenvalue weighted by Gasteiger charge is -2.10. The molecule has 0 radical (unpaired) electrons. The van der Waals surface area contributed by atoms with Crippen LogP contribution in [0.2, 0.25) is 0 Å². The lowest BCUT2D eigenvalue weighted by atomic mass is 10.2. The molecule has 3 N–H and O–H groups in total. The average molecular weight is 282 g/mol. The molecule has 1 atom stereocenters. The fourth-order valence-corrected chi connectivity index (χ4v) is 1.56. The summed E-state index contributed by atoms with van der Waals surface area (Å²) in [5.74, 6) is -2.11. The molecule has 1 rings (SSSR count). The van der Waals surface area contributed by atoms with Crippen LogP contribution >= 0.6 is 0 Å². The Hall–Kier alpha value is -1.95. The van der Waals surface area contributed by atoms with Gasteiger partial charge in [-0.1, -0.05) is 13.0 Å². The molecule has 0 heterocycles. The van der Waals surface area contributed by atoms with Crippen molar-refractivity contribution in [1.29, 1.82) is 0 Å². The van der Waals surface area contributed by atoms with E-state index >= 15 is 0 Å². The largest absolute Gasteiger partial charge is 0.393 e. The van der Waals surface area contributed by atoms with Gasteiger partial charge >= 0.3 is 11.8 Å². The Bertz CT molecular complexity index is 491. The van der Waals surface area contributed by atoms with Gasteiger partial charge in [0.15, 0.2) is 0 Å². The first kappa shape index (κ1) is 16.1. The number of nitrogens with one attached hydrogen (secondary N) is 2. The van der Waals surface area contributed by atoms with Crippen LogP contribution < -0.4 is 10.6 Å². The number of hydrogen-bond acceptors (Lipinski definition) is 3. The first-order valence-corrected chi connectivity index (χ1v) is 6.48. The summed E-state index contributed by atoms with van der Waals surface area (Å²) in [6, 6.07) is 4.25. The van der Waals surface area contributed by atoms with Crippen molar-refractivity contribution in [2.24, 2.45) is 0 Å². The summed E-state index contributed by atoms with van der Waals surface area (Å²) >= 11 is 0. The standard InChI is InChI=1S/C14H19FN2O3/c1-3-10(18)7-8-16-13(19)14(20)17-12-6-4-5-11(15)9(12)2/h4-6,10,18H,3,7-8H2,1-2H3,(H,16,19)(H,17,20). The third-order valence-electron chi connectivity index (χ3n) is 2.96. The van der Waals surface area contributed by atoms with Crippen molar-refractivity contribution in [2.75, 3.05) is 11.9 Å². The van der Waals surface area contributed by atoms with Crippen molar-refractivity contribution < 1.29 is 19.1 Å². The molecule has 1 unspecified atom stereocenters. The van der Waals surface area contributed by atoms with E-state index in [4.69, 9.17) is 0 Å². The predicted octanol–water partition coefficient (Wildman–Crippen LogP) is 1.35. The topological polar surface area (TPSA) is 78.4 Å². The van der Waals surface area contributed by atoms with Gasteiger partial charge in [-0.15, -0.1) is 0 Å². The summed E-state index contributed by atoms with van der Waals surface area (Å²) in [5, 5.41) is 14.1. The minimum atomic E-state index is -0.857. The fraction of sp³-hybridized carbons (Fsp3) is 0.429. The minimum absolute atomic E-state index is 0.212. The van der Waals surface area contributed by atoms with E-state index in [1.807, 2.05) is 6.92 Å². The van der Waals surface area contributed by atoms with Crippen LogP contribution in [0.25, 0.3) is 0 Å². The second-order valence-electron chi connectivity index (χ2n) is 4.47. The monoisotopic (exact) mass is 282 g/mol. The van der Waals surface area contributed by atoms with Crippen LogP contribution in [0.3, 0.4) is 0 Å². The average Bonchev–Trinajstić information content (AvgIpc) is 2.43. The third kappa shape index (κ3) is 4.62. The Morgan fingerprint density at radius 1 is 1.35 bits per heavy atom. The fourth-order valence-electron chi connectivity index (χ4n) is 1.56. The normalized spacial score (nSPS) is 11.8. The summed E-state index contributed by atoms with van der Waals surface area (Å²) in [6.45, 7) is 3.55. The minimum Gasteiger partial charge on any atom is -0.393 e. The zero-order chi connectivity index (χ0) is 15.1. The number of benzene rings is 1. The number of amides is 2. The lowest BCUT2D eigenvalue weighted by Crippen LogP contribution is -2.37. The van der Waals surface area contributed by atoms with Crippen molar-refractivity contribution in [1.82, 2.24) is 5.32 Å². The highest BCUT2D eigenvalue weighted by Crippen LogP contribution is 2.17. The van der Waals surface area contributed by atoms with Crippen LogP contribution in [0.4, 0.5) is 10.1 Å². The Labute approximate surface area is 117 Å². The molecule has 5 nitrogen and oxygen atoms in total. The third-order valence-corrected chi connectivity index (χ3v) is 2.96. The van der Waals surface area contributed by atoms with Gasteiger partial charge in [-0.2, -0.15) is 0 Å². The zero-order valence-corrected chi connectivity index (χ0v) is 11.6. The molecule has 0 aromatic heterocycles. The first-order valence-electron chi connectivity index (χ1n) is 6.48. The molecular weight excluding hydrogens is 263 g/mol. The van der Waals surface area contributed by atoms with E-state index in [9.17, 15) is 19.1 Å². The number of carbonyl (C=O) groups is 2. The van der Waals surface area contributed by atoms with Gasteiger partial charge in [-0.25, -0.2) is 4.39 Å². The highest BCUT2D eigenvalue weighted by atomic mass is 19.1. The van der Waals surface area contributed by atoms with Gasteiger partial charge in [0.25, 0.3) is 0 Å². The summed E-state index contributed by atoms with van der Waals surface area (Å²) in [7, 11) is 0. The Morgan fingerprint density at radius 3 is 2.70 bits per heavy atom. The highest BCUT2D eigenvalue weighted by molar-refractivity contribution is 6.39. The predicted molar refractivity (Wildman–Crippen MR) is 73.7 cm³/mol. The quantitative estimate of drug-likeness (QED) is 0.713. The number of hydrogen-bond donors (Lipinski definition) is 3. The Morgan fingerprint density at radius 2 is 2.05 bits per heavy atom. The molecule has 0 aliphatic heterocycles. The van der Waals surface area contributed by atoms with E-state index in [0.29, 0.717) is 12.8 Å². The summed E-state index contributed by atoms with van der Waals surface area (Å²) in [4.78, 5) is 23.1. The second-order valence-corrected chi connectivity index (χ2v) is 4.47. The van der Waals surface area contributed by atoms with Gasteiger partial charge in [0.1, 0.15) is 5.82 Å². The van der Waals surface area contributed by atoms with E-state index in [1.165, 1.54) is 25.1 Å². The van der Waals surface area contributed by atoms with Crippen molar-refractivity contribution in [3.05, 3.63) is 29.6 Å². The molecular formula is C14H19FN2O3. The van der Waals surface area contributed by atoms with E-state index in [2.05, 4.69) is 10.6 Å². The maximum atomic E-state index is 13.3. The van der Waals surface area contributed by atoms with Crippen LogP contribution in [-0.4, -0.2) is 29.6 Å². The summed E-state index contributed by atoms with van der Waals surface area (Å²) < 4.78 is 13.3. The molecule has 2 amide bonds. The SMILES string of the molecule is CCC(O)CCNC(=O)C(=O)Nc1cccc(F)c1C. The van der Waals surface area contributed by atoms with Crippen LogP contribution in [-0.2, 0) is 9.59 Å². The van der Waals surface area contributed by atoms with Gasteiger partial charge in [0, 0.05) is 17.8 Å². The lowest BCUT2D eigenvalue weighted by molar-refractivity contribution is -0.136. The van der Waals surface area contributed by atoms with Crippen LogP contribution in [0, 0.1) is 12.7 Å². The van der Waals surface area contributed by atoms with E-state index in [-0.39, 0.29) is 17.8 Å². The van der Waals surface area contributed by atoms with Crippen molar-refractivity contribution in [2.45, 2.75) is 32.8 Å². The van der Waals surface area contributed by atoms with E-state index in [1.54, 1.807) is 0 Å². The number of rotatable bonds is 5. The van der Waals surface area contributed by atoms with Crippen LogP contribution in [0.5, 0.6) is 0 Å². The second kappa shape index (κ2) is 7.59. The summed E-state index contributed by atoms with van der Waals surface area (Å²) in [5.41, 5.74) is 0.536. The molecule has 0 aliphatic rings. The van der Waals surface area contributed by atoms with Crippen molar-refractivity contribution >= 4 is 17.5 Å². The molecule has 1 aromatic rings. The first-order chi connectivity index (χ1) is 9.45. The van der Waals surface area contributed by atoms with Gasteiger partial charge in [-0.3, -0.25) is 9.59 Å². The zero-order valence-electron chi connectivity index (χ0n) is 11.6. The van der Waals surface area contributed by atoms with Gasteiger partial charge < -0.3 is 15.7 Å². The van der Waals surface area contributed by atoms with E-state index < -0.39 is 23.7 Å². The van der Waals surface area contributed by atoms with Gasteiger partial charge in [0.05, 0.1) is 6.10 Å². The van der Waals surface area contributed by atoms with Crippen LogP contribution in [0.1, 0.15) is 25.3 Å². The Kier molecular flexibility index (Phi) is 6.11. The summed E-state index contributed by atoms with van der Waals surface area (Å²) in [6.07, 6.45) is 0.475. The van der Waals surface area contributed by atoms with Gasteiger partial charge in [0.2, 0.25) is 0 Å². The Balaban J connectivity index is 2.50.